The van der Waals surface area contributed by atoms with Crippen LogP contribution in [0.2, 0.25) is 0 Å². The summed E-state index contributed by atoms with van der Waals surface area (Å²) in [6, 6.07) is 3.49. The Hall–Kier alpha value is -1.61. The number of nitriles is 1. The summed E-state index contributed by atoms with van der Waals surface area (Å²) < 4.78 is 5.60. The van der Waals surface area contributed by atoms with Crippen LogP contribution in [0.5, 0.6) is 0 Å². The number of rotatable bonds is 5. The highest BCUT2D eigenvalue weighted by Crippen LogP contribution is 2.18. The summed E-state index contributed by atoms with van der Waals surface area (Å²) in [6.45, 7) is 0.301. The highest BCUT2D eigenvalue weighted by molar-refractivity contribution is 9.10. The van der Waals surface area contributed by atoms with E-state index < -0.39 is 5.97 Å². The van der Waals surface area contributed by atoms with Crippen molar-refractivity contribution in [3.63, 3.8) is 0 Å². The standard InChI is InChI=1S/C11H12BrN3O2/c12-9-7-15-10(14)6-8(9)11(16)17-5-3-1-2-4-13/h6-7H,1-3,5H2,(H2,14,15). The Morgan fingerprint density at radius 3 is 3.06 bits per heavy atom. The first kappa shape index (κ1) is 13.5. The number of esters is 1. The van der Waals surface area contributed by atoms with Crippen LogP contribution in [0.4, 0.5) is 5.82 Å². The average Bonchev–Trinajstić information content (AvgIpc) is 2.32. The molecule has 90 valence electrons. The predicted octanol–water partition coefficient (Wildman–Crippen LogP) is 2.28. The number of pyridine rings is 1. The molecule has 0 saturated carbocycles. The van der Waals surface area contributed by atoms with Crippen LogP contribution in [0.3, 0.4) is 0 Å². The molecule has 6 heteroatoms. The third kappa shape index (κ3) is 4.41. The van der Waals surface area contributed by atoms with Gasteiger partial charge in [0.15, 0.2) is 0 Å². The van der Waals surface area contributed by atoms with Crippen LogP contribution in [0.25, 0.3) is 0 Å². The minimum atomic E-state index is -0.442. The number of nitrogens with two attached hydrogens (primary N) is 1. The van der Waals surface area contributed by atoms with Crippen LogP contribution in [0, 0.1) is 11.3 Å². The lowest BCUT2D eigenvalue weighted by Gasteiger charge is -2.06. The van der Waals surface area contributed by atoms with Crippen molar-refractivity contribution in [1.29, 1.82) is 5.26 Å². The van der Waals surface area contributed by atoms with E-state index in [9.17, 15) is 4.79 Å². The fourth-order valence-corrected chi connectivity index (χ4v) is 1.54. The number of carbonyl (C=O) groups is 1. The van der Waals surface area contributed by atoms with Crippen molar-refractivity contribution in [2.24, 2.45) is 0 Å². The molecule has 0 unspecified atom stereocenters. The number of hydrogen-bond donors (Lipinski definition) is 1. The van der Waals surface area contributed by atoms with E-state index in [0.29, 0.717) is 29.5 Å². The molecule has 0 radical (unpaired) electrons. The summed E-state index contributed by atoms with van der Waals surface area (Å²) >= 11 is 3.20. The molecule has 2 N–H and O–H groups in total. The van der Waals surface area contributed by atoms with Crippen LogP contribution in [0.1, 0.15) is 29.6 Å². The molecule has 0 bridgehead atoms. The molecule has 0 aromatic carbocycles. The molecule has 0 saturated heterocycles. The van der Waals surface area contributed by atoms with Crippen LogP contribution in [0.15, 0.2) is 16.7 Å². The van der Waals surface area contributed by atoms with Gasteiger partial charge in [-0.05, 0) is 34.8 Å². The van der Waals surface area contributed by atoms with Crippen molar-refractivity contribution in [3.05, 3.63) is 22.3 Å². The molecule has 1 rings (SSSR count). The van der Waals surface area contributed by atoms with Gasteiger partial charge in [-0.1, -0.05) is 0 Å². The van der Waals surface area contributed by atoms with Crippen molar-refractivity contribution in [1.82, 2.24) is 4.98 Å². The van der Waals surface area contributed by atoms with E-state index in [4.69, 9.17) is 15.7 Å². The maximum atomic E-state index is 11.6. The van der Waals surface area contributed by atoms with E-state index in [1.807, 2.05) is 6.07 Å². The monoisotopic (exact) mass is 297 g/mol. The van der Waals surface area contributed by atoms with Gasteiger partial charge in [0.05, 0.1) is 22.7 Å². The molecule has 0 aliphatic heterocycles. The van der Waals surface area contributed by atoms with Gasteiger partial charge in [0.2, 0.25) is 0 Å². The number of carbonyl (C=O) groups excluding carboxylic acids is 1. The second-order valence-corrected chi connectivity index (χ2v) is 4.19. The smallest absolute Gasteiger partial charge is 0.339 e. The SMILES string of the molecule is N#CCCCCOC(=O)c1cc(N)ncc1Br. The molecule has 0 fully saturated rings. The van der Waals surface area contributed by atoms with E-state index in [1.54, 1.807) is 0 Å². The lowest BCUT2D eigenvalue weighted by atomic mass is 10.2. The van der Waals surface area contributed by atoms with E-state index in [2.05, 4.69) is 20.9 Å². The zero-order chi connectivity index (χ0) is 12.7. The van der Waals surface area contributed by atoms with E-state index in [0.717, 1.165) is 6.42 Å². The van der Waals surface area contributed by atoms with E-state index in [-0.39, 0.29) is 5.82 Å². The number of anilines is 1. The van der Waals surface area contributed by atoms with Crippen molar-refractivity contribution in [2.75, 3.05) is 12.3 Å². The average molecular weight is 298 g/mol. The Balaban J connectivity index is 2.47. The zero-order valence-electron chi connectivity index (χ0n) is 9.15. The number of aromatic nitrogens is 1. The van der Waals surface area contributed by atoms with Crippen molar-refractivity contribution < 1.29 is 9.53 Å². The number of hydrogen-bond acceptors (Lipinski definition) is 5. The highest BCUT2D eigenvalue weighted by Gasteiger charge is 2.12. The number of nitrogen functional groups attached to an aromatic ring is 1. The minimum absolute atomic E-state index is 0.268. The largest absolute Gasteiger partial charge is 0.462 e. The lowest BCUT2D eigenvalue weighted by Crippen LogP contribution is -2.08. The summed E-state index contributed by atoms with van der Waals surface area (Å²) in [4.78, 5) is 15.5. The van der Waals surface area contributed by atoms with Gasteiger partial charge in [0.1, 0.15) is 5.82 Å². The molecule has 17 heavy (non-hydrogen) atoms. The molecule has 1 heterocycles. The van der Waals surface area contributed by atoms with Gasteiger partial charge in [0, 0.05) is 12.6 Å². The Morgan fingerprint density at radius 1 is 1.59 bits per heavy atom. The van der Waals surface area contributed by atoms with Crippen LogP contribution >= 0.6 is 15.9 Å². The van der Waals surface area contributed by atoms with Crippen molar-refractivity contribution in [2.45, 2.75) is 19.3 Å². The Labute approximate surface area is 108 Å². The molecule has 5 nitrogen and oxygen atoms in total. The molecule has 0 spiro atoms. The second kappa shape index (κ2) is 6.86. The van der Waals surface area contributed by atoms with Crippen LogP contribution in [-0.2, 0) is 4.74 Å². The third-order valence-electron chi connectivity index (χ3n) is 2.01. The first-order valence-electron chi connectivity index (χ1n) is 5.10. The maximum Gasteiger partial charge on any atom is 0.339 e. The molecule has 0 aliphatic carbocycles. The summed E-state index contributed by atoms with van der Waals surface area (Å²) in [5.41, 5.74) is 5.84. The topological polar surface area (TPSA) is 89.0 Å². The Kier molecular flexibility index (Phi) is 5.43. The molecule has 1 aromatic rings. The first-order chi connectivity index (χ1) is 8.15. The van der Waals surface area contributed by atoms with Gasteiger partial charge in [-0.15, -0.1) is 0 Å². The molecule has 1 aromatic heterocycles. The van der Waals surface area contributed by atoms with Crippen LogP contribution < -0.4 is 5.73 Å². The van der Waals surface area contributed by atoms with Crippen molar-refractivity contribution >= 4 is 27.7 Å². The van der Waals surface area contributed by atoms with Gasteiger partial charge >= 0.3 is 5.97 Å². The zero-order valence-corrected chi connectivity index (χ0v) is 10.7. The van der Waals surface area contributed by atoms with Gasteiger partial charge < -0.3 is 10.5 Å². The fourth-order valence-electron chi connectivity index (χ4n) is 1.16. The minimum Gasteiger partial charge on any atom is -0.462 e. The van der Waals surface area contributed by atoms with Gasteiger partial charge in [-0.25, -0.2) is 9.78 Å². The number of halogens is 1. The van der Waals surface area contributed by atoms with Gasteiger partial charge in [-0.3, -0.25) is 0 Å². The van der Waals surface area contributed by atoms with Gasteiger partial charge in [-0.2, -0.15) is 5.26 Å². The van der Waals surface area contributed by atoms with E-state index >= 15 is 0 Å². The predicted molar refractivity (Wildman–Crippen MR) is 66.1 cm³/mol. The fraction of sp³-hybridized carbons (Fsp3) is 0.364. The Morgan fingerprint density at radius 2 is 2.35 bits per heavy atom. The molecule has 0 amide bonds. The molecular weight excluding hydrogens is 286 g/mol. The highest BCUT2D eigenvalue weighted by atomic mass is 79.9. The summed E-state index contributed by atoms with van der Waals surface area (Å²) in [5.74, 6) is -0.174. The number of unbranched alkanes of at least 4 members (excludes halogenated alkanes) is 2. The van der Waals surface area contributed by atoms with Gasteiger partial charge in [0.25, 0.3) is 0 Å². The quantitative estimate of drug-likeness (QED) is 0.665. The molecule has 0 aliphatic rings. The third-order valence-corrected chi connectivity index (χ3v) is 2.64. The number of ether oxygens (including phenoxy) is 1. The second-order valence-electron chi connectivity index (χ2n) is 3.34. The summed E-state index contributed by atoms with van der Waals surface area (Å²) in [7, 11) is 0. The molecular formula is C11H12BrN3O2. The Bertz CT molecular complexity index is 443. The molecule has 0 atom stereocenters. The normalized spacial score (nSPS) is 9.65. The lowest BCUT2D eigenvalue weighted by molar-refractivity contribution is 0.0497. The maximum absolute atomic E-state index is 11.6. The summed E-state index contributed by atoms with van der Waals surface area (Å²) in [6.07, 6.45) is 3.34. The van der Waals surface area contributed by atoms with Crippen molar-refractivity contribution in [3.8, 4) is 6.07 Å². The first-order valence-corrected chi connectivity index (χ1v) is 5.89. The number of nitrogens with zero attached hydrogens (tertiary/aromatic N) is 2. The van der Waals surface area contributed by atoms with Crippen LogP contribution in [-0.4, -0.2) is 17.6 Å². The summed E-state index contributed by atoms with van der Waals surface area (Å²) in [5, 5.41) is 8.33. The van der Waals surface area contributed by atoms with E-state index in [1.165, 1.54) is 12.3 Å².